The fourth-order valence-electron chi connectivity index (χ4n) is 0. The van der Waals surface area contributed by atoms with Crippen LogP contribution in [0.4, 0.5) is 0 Å². The van der Waals surface area contributed by atoms with Gasteiger partial charge in [-0.2, -0.15) is 0 Å². The summed E-state index contributed by atoms with van der Waals surface area (Å²) in [7, 11) is 0. The maximum atomic E-state index is 7.58. The van der Waals surface area contributed by atoms with Crippen LogP contribution in [0.3, 0.4) is 0 Å². The third kappa shape index (κ3) is 1.32. The maximum Gasteiger partial charge on any atom is 0.121 e. The minimum atomic E-state index is 0.764. The lowest BCUT2D eigenvalue weighted by atomic mass is 11.0. The molecule has 0 radical (unpaired) electrons. The van der Waals surface area contributed by atoms with Gasteiger partial charge in [-0.15, -0.1) is 0 Å². The first kappa shape index (κ1) is 3.32. The van der Waals surface area contributed by atoms with Crippen LogP contribution >= 0.6 is 0 Å². The summed E-state index contributed by atoms with van der Waals surface area (Å²) < 4.78 is 0. The lowest BCUT2D eigenvalue weighted by Crippen LogP contribution is -1.29. The van der Waals surface area contributed by atoms with E-state index < -0.39 is 0 Å². The lowest BCUT2D eigenvalue weighted by Gasteiger charge is -1.45. The third-order valence-electron chi connectivity index (χ3n) is 0.0913. The second-order valence-electron chi connectivity index (χ2n) is 0.333. The SMILES string of the molecule is C=C=CO. The predicted molar refractivity (Wildman–Crippen MR) is 16.3 cm³/mol. The average molecular weight is 56.1 g/mol. The van der Waals surface area contributed by atoms with Crippen LogP contribution in [0, 0.1) is 0 Å². The van der Waals surface area contributed by atoms with E-state index in [9.17, 15) is 0 Å². The van der Waals surface area contributed by atoms with Gasteiger partial charge in [0.25, 0.3) is 0 Å². The molecule has 1 heteroatoms. The second-order valence-corrected chi connectivity index (χ2v) is 0.333. The van der Waals surface area contributed by atoms with E-state index in [1.807, 2.05) is 0 Å². The lowest BCUT2D eigenvalue weighted by molar-refractivity contribution is 0.475. The molecule has 0 aromatic heterocycles. The molecule has 0 rings (SSSR count). The van der Waals surface area contributed by atoms with Crippen molar-refractivity contribution in [1.29, 1.82) is 0 Å². The summed E-state index contributed by atoms with van der Waals surface area (Å²) >= 11 is 0. The Morgan fingerprint density at radius 3 is 2.25 bits per heavy atom. The van der Waals surface area contributed by atoms with Crippen LogP contribution < -0.4 is 0 Å². The first-order chi connectivity index (χ1) is 1.91. The number of aliphatic hydroxyl groups is 1. The molecule has 0 unspecified atom stereocenters. The molecule has 0 amide bonds. The van der Waals surface area contributed by atoms with E-state index in [-0.39, 0.29) is 0 Å². The molecule has 0 bridgehead atoms. The minimum absolute atomic E-state index is 0.764. The molecular weight excluding hydrogens is 52.0 g/mol. The minimum Gasteiger partial charge on any atom is -0.507 e. The Balaban J connectivity index is 3.11. The Hall–Kier alpha value is -0.680. The highest BCUT2D eigenvalue weighted by atomic mass is 16.2. The molecule has 1 N–H and O–H groups in total. The van der Waals surface area contributed by atoms with Crippen molar-refractivity contribution in [3.05, 3.63) is 18.6 Å². The van der Waals surface area contributed by atoms with Crippen molar-refractivity contribution >= 4 is 0 Å². The second kappa shape index (κ2) is 2.32. The van der Waals surface area contributed by atoms with Gasteiger partial charge in [0.2, 0.25) is 0 Å². The number of rotatable bonds is 0. The molecule has 0 atom stereocenters. The highest BCUT2D eigenvalue weighted by Crippen LogP contribution is 1.38. The average Bonchev–Trinajstić information content (AvgIpc) is 1.37. The molecule has 0 aromatic rings. The van der Waals surface area contributed by atoms with Gasteiger partial charge in [-0.25, -0.2) is 0 Å². The zero-order valence-corrected chi connectivity index (χ0v) is 2.23. The van der Waals surface area contributed by atoms with Crippen molar-refractivity contribution in [2.45, 2.75) is 0 Å². The van der Waals surface area contributed by atoms with Gasteiger partial charge in [-0.3, -0.25) is 0 Å². The maximum absolute atomic E-state index is 7.58. The Morgan fingerprint density at radius 2 is 2.25 bits per heavy atom. The van der Waals surface area contributed by atoms with Gasteiger partial charge in [0.05, 0.1) is 0 Å². The van der Waals surface area contributed by atoms with Crippen molar-refractivity contribution in [2.75, 3.05) is 0 Å². The molecule has 0 saturated carbocycles. The zero-order chi connectivity index (χ0) is 3.41. The van der Waals surface area contributed by atoms with Crippen LogP contribution in [-0.4, -0.2) is 5.11 Å². The Labute approximate surface area is 24.9 Å². The molecule has 0 spiro atoms. The van der Waals surface area contributed by atoms with Crippen molar-refractivity contribution in [3.8, 4) is 0 Å². The molecule has 0 aliphatic heterocycles. The molecule has 0 saturated heterocycles. The van der Waals surface area contributed by atoms with Crippen molar-refractivity contribution in [2.24, 2.45) is 0 Å². The van der Waals surface area contributed by atoms with Crippen LogP contribution in [0.15, 0.2) is 18.6 Å². The van der Waals surface area contributed by atoms with Crippen LogP contribution in [0.2, 0.25) is 0 Å². The summed E-state index contributed by atoms with van der Waals surface area (Å²) in [6, 6.07) is 0. The van der Waals surface area contributed by atoms with Gasteiger partial charge in [0, 0.05) is 0 Å². The topological polar surface area (TPSA) is 20.2 Å². The van der Waals surface area contributed by atoms with Crippen LogP contribution in [-0.2, 0) is 0 Å². The smallest absolute Gasteiger partial charge is 0.121 e. The summed E-state index contributed by atoms with van der Waals surface area (Å²) in [5.74, 6) is 0. The van der Waals surface area contributed by atoms with Crippen molar-refractivity contribution < 1.29 is 5.11 Å². The summed E-state index contributed by atoms with van der Waals surface area (Å²) in [6.07, 6.45) is 0.764. The van der Waals surface area contributed by atoms with E-state index in [2.05, 4.69) is 12.3 Å². The molecule has 0 aliphatic rings. The van der Waals surface area contributed by atoms with Gasteiger partial charge < -0.3 is 5.11 Å². The predicted octanol–water partition coefficient (Wildman–Crippen LogP) is 0.843. The summed E-state index contributed by atoms with van der Waals surface area (Å²) in [5.41, 5.74) is 2.11. The standard InChI is InChI=1S/C3H4O/c1-2-3-4/h3-4H,1H2. The fourth-order valence-corrected chi connectivity index (χ4v) is 0. The van der Waals surface area contributed by atoms with Gasteiger partial charge in [-0.1, -0.05) is 12.3 Å². The van der Waals surface area contributed by atoms with E-state index in [0.717, 1.165) is 6.26 Å². The molecule has 4 heavy (non-hydrogen) atoms. The van der Waals surface area contributed by atoms with E-state index >= 15 is 0 Å². The Kier molecular flexibility index (Phi) is 1.93. The first-order valence-electron chi connectivity index (χ1n) is 0.900. The van der Waals surface area contributed by atoms with Crippen LogP contribution in [0.5, 0.6) is 0 Å². The molecule has 0 aliphatic carbocycles. The quantitative estimate of drug-likeness (QED) is 0.322. The van der Waals surface area contributed by atoms with Gasteiger partial charge in [0.1, 0.15) is 6.26 Å². The molecule has 0 aromatic carbocycles. The van der Waals surface area contributed by atoms with E-state index in [1.165, 1.54) is 0 Å². The largest absolute Gasteiger partial charge is 0.507 e. The first-order valence-corrected chi connectivity index (χ1v) is 0.900. The van der Waals surface area contributed by atoms with Crippen LogP contribution in [0.25, 0.3) is 0 Å². The van der Waals surface area contributed by atoms with Crippen molar-refractivity contribution in [1.82, 2.24) is 0 Å². The zero-order valence-electron chi connectivity index (χ0n) is 2.23. The number of hydrogen-bond acceptors (Lipinski definition) is 1. The summed E-state index contributed by atoms with van der Waals surface area (Å²) in [4.78, 5) is 0. The van der Waals surface area contributed by atoms with Crippen molar-refractivity contribution in [3.63, 3.8) is 0 Å². The Morgan fingerprint density at radius 1 is 2.00 bits per heavy atom. The highest BCUT2D eigenvalue weighted by molar-refractivity contribution is 4.59. The number of hydrogen-bond donors (Lipinski definition) is 1. The van der Waals surface area contributed by atoms with E-state index in [0.29, 0.717) is 0 Å². The van der Waals surface area contributed by atoms with Gasteiger partial charge in [-0.05, 0) is 0 Å². The molecule has 22 valence electrons. The van der Waals surface area contributed by atoms with Gasteiger partial charge in [0.15, 0.2) is 0 Å². The number of aliphatic hydroxyl groups excluding tert-OH is 1. The highest BCUT2D eigenvalue weighted by Gasteiger charge is 1.23. The summed E-state index contributed by atoms with van der Waals surface area (Å²) in [5, 5.41) is 7.58. The molecular formula is C3H4O. The van der Waals surface area contributed by atoms with E-state index in [4.69, 9.17) is 5.11 Å². The Bertz CT molecular complexity index is 41.2. The molecule has 0 fully saturated rings. The monoisotopic (exact) mass is 56.0 g/mol. The molecule has 0 heterocycles. The normalized spacial score (nSPS) is 4.00. The summed E-state index contributed by atoms with van der Waals surface area (Å²) in [6.45, 7) is 3.05. The molecule has 1 nitrogen and oxygen atoms in total. The van der Waals surface area contributed by atoms with Gasteiger partial charge >= 0.3 is 0 Å². The fraction of sp³-hybridized carbons (Fsp3) is 0. The van der Waals surface area contributed by atoms with E-state index in [1.54, 1.807) is 0 Å². The third-order valence-corrected chi connectivity index (χ3v) is 0.0913. The van der Waals surface area contributed by atoms with Crippen LogP contribution in [0.1, 0.15) is 0 Å².